The Bertz CT molecular complexity index is 559. The summed E-state index contributed by atoms with van der Waals surface area (Å²) in [5.74, 6) is 0.547. The van der Waals surface area contributed by atoms with Crippen molar-refractivity contribution in [1.82, 2.24) is 15.1 Å². The zero-order valence-corrected chi connectivity index (χ0v) is 13.0. The maximum absolute atomic E-state index is 6.04. The highest BCUT2D eigenvalue weighted by molar-refractivity contribution is 7.07. The van der Waals surface area contributed by atoms with Crippen LogP contribution in [0.4, 0.5) is 0 Å². The molecule has 2 aromatic rings. The van der Waals surface area contributed by atoms with Crippen LogP contribution >= 0.6 is 11.3 Å². The molecule has 1 aliphatic heterocycles. The highest BCUT2D eigenvalue weighted by Crippen LogP contribution is 2.27. The molecule has 0 amide bonds. The number of hydrogen-bond donors (Lipinski definition) is 0. The SMILES string of the molecule is COc1ccc(CN2C[C@H](C)O[C@@H](c3ccsc3)C2)nn1. The average molecular weight is 305 g/mol. The summed E-state index contributed by atoms with van der Waals surface area (Å²) in [5, 5.41) is 12.5. The van der Waals surface area contributed by atoms with Crippen LogP contribution in [0.15, 0.2) is 29.0 Å². The molecule has 0 spiro atoms. The molecule has 1 saturated heterocycles. The molecule has 5 nitrogen and oxygen atoms in total. The second-order valence-electron chi connectivity index (χ2n) is 5.25. The van der Waals surface area contributed by atoms with Crippen molar-refractivity contribution in [3.8, 4) is 5.88 Å². The van der Waals surface area contributed by atoms with Crippen molar-refractivity contribution in [2.75, 3.05) is 20.2 Å². The molecule has 0 N–H and O–H groups in total. The highest BCUT2D eigenvalue weighted by atomic mass is 32.1. The summed E-state index contributed by atoms with van der Waals surface area (Å²) in [6, 6.07) is 5.95. The molecule has 3 heterocycles. The number of hydrogen-bond acceptors (Lipinski definition) is 6. The second-order valence-corrected chi connectivity index (χ2v) is 6.03. The number of nitrogens with zero attached hydrogens (tertiary/aromatic N) is 3. The minimum Gasteiger partial charge on any atom is -0.480 e. The Morgan fingerprint density at radius 2 is 2.24 bits per heavy atom. The molecule has 0 unspecified atom stereocenters. The Labute approximate surface area is 128 Å². The first-order valence-electron chi connectivity index (χ1n) is 7.01. The van der Waals surface area contributed by atoms with Crippen LogP contribution in [0, 0.1) is 0 Å². The Balaban J connectivity index is 1.66. The Kier molecular flexibility index (Phi) is 4.48. The lowest BCUT2D eigenvalue weighted by atomic mass is 10.1. The lowest BCUT2D eigenvalue weighted by Crippen LogP contribution is -2.42. The lowest BCUT2D eigenvalue weighted by Gasteiger charge is -2.36. The van der Waals surface area contributed by atoms with E-state index in [0.717, 1.165) is 25.3 Å². The second kappa shape index (κ2) is 6.51. The number of ether oxygens (including phenoxy) is 2. The predicted octanol–water partition coefficient (Wildman–Crippen LogP) is 2.51. The zero-order chi connectivity index (χ0) is 14.7. The fraction of sp³-hybridized carbons (Fsp3) is 0.467. The van der Waals surface area contributed by atoms with E-state index in [2.05, 4.69) is 38.8 Å². The maximum Gasteiger partial charge on any atom is 0.233 e. The summed E-state index contributed by atoms with van der Waals surface area (Å²) in [5.41, 5.74) is 2.21. The van der Waals surface area contributed by atoms with E-state index in [1.54, 1.807) is 18.4 Å². The van der Waals surface area contributed by atoms with Crippen LogP contribution in [-0.2, 0) is 11.3 Å². The third-order valence-electron chi connectivity index (χ3n) is 3.54. The van der Waals surface area contributed by atoms with Crippen molar-refractivity contribution in [3.63, 3.8) is 0 Å². The lowest BCUT2D eigenvalue weighted by molar-refractivity contribution is -0.0815. The van der Waals surface area contributed by atoms with Gasteiger partial charge in [-0.1, -0.05) is 0 Å². The van der Waals surface area contributed by atoms with E-state index >= 15 is 0 Å². The number of rotatable bonds is 4. The summed E-state index contributed by atoms with van der Waals surface area (Å²) in [6.45, 7) is 4.69. The smallest absolute Gasteiger partial charge is 0.233 e. The van der Waals surface area contributed by atoms with Gasteiger partial charge in [0, 0.05) is 25.7 Å². The first kappa shape index (κ1) is 14.4. The Hall–Kier alpha value is -1.50. The maximum atomic E-state index is 6.04. The van der Waals surface area contributed by atoms with Crippen LogP contribution in [0.2, 0.25) is 0 Å². The number of methoxy groups -OCH3 is 1. The molecule has 0 aromatic carbocycles. The number of aromatic nitrogens is 2. The van der Waals surface area contributed by atoms with Gasteiger partial charge in [-0.2, -0.15) is 16.4 Å². The first-order chi connectivity index (χ1) is 10.2. The molecular formula is C15H19N3O2S. The van der Waals surface area contributed by atoms with Gasteiger partial charge in [0.25, 0.3) is 0 Å². The minimum absolute atomic E-state index is 0.145. The van der Waals surface area contributed by atoms with Gasteiger partial charge >= 0.3 is 0 Å². The van der Waals surface area contributed by atoms with Crippen molar-refractivity contribution in [3.05, 3.63) is 40.2 Å². The van der Waals surface area contributed by atoms with Gasteiger partial charge in [0.05, 0.1) is 25.0 Å². The third-order valence-corrected chi connectivity index (χ3v) is 4.24. The molecule has 2 aromatic heterocycles. The summed E-state index contributed by atoms with van der Waals surface area (Å²) < 4.78 is 11.1. The monoisotopic (exact) mass is 305 g/mol. The molecule has 112 valence electrons. The van der Waals surface area contributed by atoms with E-state index in [-0.39, 0.29) is 12.2 Å². The van der Waals surface area contributed by atoms with E-state index in [0.29, 0.717) is 5.88 Å². The van der Waals surface area contributed by atoms with Crippen molar-refractivity contribution < 1.29 is 9.47 Å². The summed E-state index contributed by atoms with van der Waals surface area (Å²) >= 11 is 1.71. The summed E-state index contributed by atoms with van der Waals surface area (Å²) in [4.78, 5) is 2.37. The van der Waals surface area contributed by atoms with Gasteiger partial charge in [-0.15, -0.1) is 5.10 Å². The Morgan fingerprint density at radius 3 is 2.90 bits per heavy atom. The minimum atomic E-state index is 0.145. The summed E-state index contributed by atoms with van der Waals surface area (Å²) in [6.07, 6.45) is 0.362. The van der Waals surface area contributed by atoms with Crippen LogP contribution in [-0.4, -0.2) is 41.4 Å². The van der Waals surface area contributed by atoms with Gasteiger partial charge in [-0.25, -0.2) is 0 Å². The fourth-order valence-corrected chi connectivity index (χ4v) is 3.28. The van der Waals surface area contributed by atoms with Gasteiger partial charge in [0.1, 0.15) is 0 Å². The third kappa shape index (κ3) is 3.58. The average Bonchev–Trinajstić information content (AvgIpc) is 3.02. The van der Waals surface area contributed by atoms with E-state index in [4.69, 9.17) is 9.47 Å². The molecule has 0 saturated carbocycles. The van der Waals surface area contributed by atoms with E-state index in [1.807, 2.05) is 12.1 Å². The molecule has 1 aliphatic rings. The number of thiophene rings is 1. The number of morpholine rings is 1. The fourth-order valence-electron chi connectivity index (χ4n) is 2.58. The molecule has 0 radical (unpaired) electrons. The van der Waals surface area contributed by atoms with Gasteiger partial charge in [-0.05, 0) is 35.4 Å². The molecule has 3 rings (SSSR count). The molecule has 0 aliphatic carbocycles. The normalized spacial score (nSPS) is 23.1. The first-order valence-corrected chi connectivity index (χ1v) is 7.95. The van der Waals surface area contributed by atoms with Crippen molar-refractivity contribution in [2.24, 2.45) is 0 Å². The molecule has 6 heteroatoms. The largest absolute Gasteiger partial charge is 0.480 e. The van der Waals surface area contributed by atoms with E-state index < -0.39 is 0 Å². The molecular weight excluding hydrogens is 286 g/mol. The summed E-state index contributed by atoms with van der Waals surface area (Å²) in [7, 11) is 1.60. The molecule has 1 fully saturated rings. The van der Waals surface area contributed by atoms with Crippen LogP contribution in [0.5, 0.6) is 5.88 Å². The predicted molar refractivity (Wildman–Crippen MR) is 81.5 cm³/mol. The Morgan fingerprint density at radius 1 is 1.33 bits per heavy atom. The topological polar surface area (TPSA) is 47.5 Å². The van der Waals surface area contributed by atoms with Gasteiger partial charge in [0.2, 0.25) is 5.88 Å². The highest BCUT2D eigenvalue weighted by Gasteiger charge is 2.26. The van der Waals surface area contributed by atoms with Crippen LogP contribution < -0.4 is 4.74 Å². The van der Waals surface area contributed by atoms with Crippen LogP contribution in [0.3, 0.4) is 0 Å². The van der Waals surface area contributed by atoms with Gasteiger partial charge in [0.15, 0.2) is 0 Å². The molecule has 2 atom stereocenters. The van der Waals surface area contributed by atoms with E-state index in [1.165, 1.54) is 5.56 Å². The molecule has 0 bridgehead atoms. The van der Waals surface area contributed by atoms with Crippen molar-refractivity contribution in [1.29, 1.82) is 0 Å². The standard InChI is InChI=1S/C15H19N3O2S/c1-11-7-18(8-13-3-4-15(19-2)17-16-13)9-14(20-11)12-5-6-21-10-12/h3-6,10-11,14H,7-9H2,1-2H3/t11-,14+/m0/s1. The van der Waals surface area contributed by atoms with Crippen molar-refractivity contribution in [2.45, 2.75) is 25.7 Å². The van der Waals surface area contributed by atoms with E-state index in [9.17, 15) is 0 Å². The molecule has 21 heavy (non-hydrogen) atoms. The quantitative estimate of drug-likeness (QED) is 0.868. The van der Waals surface area contributed by atoms with Crippen LogP contribution in [0.25, 0.3) is 0 Å². The van der Waals surface area contributed by atoms with Crippen LogP contribution in [0.1, 0.15) is 24.3 Å². The van der Waals surface area contributed by atoms with Gasteiger partial charge in [-0.3, -0.25) is 4.90 Å². The van der Waals surface area contributed by atoms with Gasteiger partial charge < -0.3 is 9.47 Å². The van der Waals surface area contributed by atoms with Crippen molar-refractivity contribution >= 4 is 11.3 Å². The zero-order valence-electron chi connectivity index (χ0n) is 12.2.